The van der Waals surface area contributed by atoms with Gasteiger partial charge >= 0.3 is 0 Å². The lowest BCUT2D eigenvalue weighted by Gasteiger charge is -2.05. The zero-order chi connectivity index (χ0) is 18.9. The first-order chi connectivity index (χ1) is 13.2. The fraction of sp³-hybridized carbons (Fsp3) is 0.238. The third kappa shape index (κ3) is 5.60. The molecule has 0 spiro atoms. The van der Waals surface area contributed by atoms with E-state index in [9.17, 15) is 9.59 Å². The highest BCUT2D eigenvalue weighted by Gasteiger charge is 2.09. The van der Waals surface area contributed by atoms with Crippen LogP contribution in [0.15, 0.2) is 65.5 Å². The highest BCUT2D eigenvalue weighted by Crippen LogP contribution is 2.10. The highest BCUT2D eigenvalue weighted by molar-refractivity contribution is 5.76. The van der Waals surface area contributed by atoms with Crippen LogP contribution in [0.5, 0.6) is 0 Å². The Balaban J connectivity index is 1.44. The van der Waals surface area contributed by atoms with Crippen LogP contribution in [0.1, 0.15) is 24.1 Å². The summed E-state index contributed by atoms with van der Waals surface area (Å²) in [4.78, 5) is 26.8. The van der Waals surface area contributed by atoms with Crippen LogP contribution >= 0.6 is 0 Å². The lowest BCUT2D eigenvalue weighted by molar-refractivity contribution is -0.121. The molecule has 27 heavy (non-hydrogen) atoms. The van der Waals surface area contributed by atoms with E-state index in [2.05, 4.69) is 32.6 Å². The molecule has 0 radical (unpaired) electrons. The number of aromatic amines is 1. The predicted molar refractivity (Wildman–Crippen MR) is 104 cm³/mol. The van der Waals surface area contributed by atoms with Crippen LogP contribution in [-0.2, 0) is 17.6 Å². The summed E-state index contributed by atoms with van der Waals surface area (Å²) in [5.41, 5.74) is 2.02. The van der Waals surface area contributed by atoms with E-state index in [0.717, 1.165) is 18.4 Å². The van der Waals surface area contributed by atoms with E-state index in [4.69, 9.17) is 0 Å². The molecule has 0 saturated carbocycles. The van der Waals surface area contributed by atoms with Crippen molar-refractivity contribution in [2.75, 3.05) is 6.54 Å². The summed E-state index contributed by atoms with van der Waals surface area (Å²) in [6, 6.07) is 19.5. The highest BCUT2D eigenvalue weighted by atomic mass is 16.1. The Labute approximate surface area is 157 Å². The normalized spacial score (nSPS) is 10.5. The van der Waals surface area contributed by atoms with Crippen molar-refractivity contribution in [3.05, 3.63) is 82.3 Å². The third-order valence-corrected chi connectivity index (χ3v) is 4.21. The smallest absolute Gasteiger partial charge is 0.273 e. The molecule has 0 aliphatic rings. The summed E-state index contributed by atoms with van der Waals surface area (Å²) in [6.45, 7) is 0.614. The summed E-state index contributed by atoms with van der Waals surface area (Å²) >= 11 is 0. The van der Waals surface area contributed by atoms with E-state index in [1.165, 1.54) is 5.56 Å². The zero-order valence-corrected chi connectivity index (χ0v) is 15.0. The lowest BCUT2D eigenvalue weighted by Crippen LogP contribution is -2.26. The Hall–Kier alpha value is -3.28. The van der Waals surface area contributed by atoms with Gasteiger partial charge < -0.3 is 10.3 Å². The second-order valence-corrected chi connectivity index (χ2v) is 6.25. The molecule has 1 amide bonds. The van der Waals surface area contributed by atoms with Gasteiger partial charge in [0.1, 0.15) is 5.69 Å². The SMILES string of the molecule is O=C(CCc1nnc(-c2ccccc2)[nH]c1=O)NCCCc1ccccc1. The van der Waals surface area contributed by atoms with Gasteiger partial charge in [-0.25, -0.2) is 0 Å². The number of nitrogens with zero attached hydrogens (tertiary/aromatic N) is 2. The number of carbonyl (C=O) groups excluding carboxylic acids is 1. The minimum absolute atomic E-state index is 0.0867. The molecule has 0 aliphatic carbocycles. The van der Waals surface area contributed by atoms with Crippen LogP contribution in [0.4, 0.5) is 0 Å². The molecule has 6 nitrogen and oxygen atoms in total. The van der Waals surface area contributed by atoms with Crippen LogP contribution in [-0.4, -0.2) is 27.6 Å². The Kier molecular flexibility index (Phi) is 6.46. The standard InChI is InChI=1S/C21H22N4O2/c26-19(22-15-7-10-16-8-3-1-4-9-16)14-13-18-21(27)23-20(25-24-18)17-11-5-2-6-12-17/h1-6,8-9,11-12H,7,10,13-15H2,(H,22,26)(H,23,25,27). The maximum Gasteiger partial charge on any atom is 0.273 e. The summed E-state index contributed by atoms with van der Waals surface area (Å²) in [7, 11) is 0. The molecule has 6 heteroatoms. The van der Waals surface area contributed by atoms with Crippen LogP contribution in [0, 0.1) is 0 Å². The van der Waals surface area contributed by atoms with E-state index in [0.29, 0.717) is 12.4 Å². The van der Waals surface area contributed by atoms with E-state index in [1.807, 2.05) is 48.5 Å². The Morgan fingerprint density at radius 3 is 2.33 bits per heavy atom. The van der Waals surface area contributed by atoms with Gasteiger partial charge in [-0.1, -0.05) is 60.7 Å². The number of carbonyl (C=O) groups is 1. The Morgan fingerprint density at radius 2 is 1.63 bits per heavy atom. The molecule has 3 rings (SSSR count). The minimum atomic E-state index is -0.305. The van der Waals surface area contributed by atoms with E-state index >= 15 is 0 Å². The molecule has 1 aromatic heterocycles. The first-order valence-electron chi connectivity index (χ1n) is 9.04. The van der Waals surface area contributed by atoms with Gasteiger partial charge in [0.15, 0.2) is 5.82 Å². The molecule has 2 N–H and O–H groups in total. The molecule has 3 aromatic rings. The molecule has 138 valence electrons. The number of rotatable bonds is 8. The molecule has 2 aromatic carbocycles. The van der Waals surface area contributed by atoms with Gasteiger partial charge in [0, 0.05) is 24.9 Å². The van der Waals surface area contributed by atoms with Crippen molar-refractivity contribution in [2.24, 2.45) is 0 Å². The first kappa shape index (κ1) is 18.5. The van der Waals surface area contributed by atoms with E-state index in [1.54, 1.807) is 0 Å². The molecular weight excluding hydrogens is 340 g/mol. The number of aromatic nitrogens is 3. The number of hydrogen-bond donors (Lipinski definition) is 2. The summed E-state index contributed by atoms with van der Waals surface area (Å²) < 4.78 is 0. The maximum absolute atomic E-state index is 12.2. The van der Waals surface area contributed by atoms with Crippen molar-refractivity contribution in [3.63, 3.8) is 0 Å². The number of aryl methyl sites for hydroxylation is 2. The zero-order valence-electron chi connectivity index (χ0n) is 15.0. The predicted octanol–water partition coefficient (Wildman–Crippen LogP) is 2.51. The number of nitrogens with one attached hydrogen (secondary N) is 2. The second kappa shape index (κ2) is 9.43. The monoisotopic (exact) mass is 362 g/mol. The average Bonchev–Trinajstić information content (AvgIpc) is 2.72. The van der Waals surface area contributed by atoms with Gasteiger partial charge in [-0.2, -0.15) is 0 Å². The van der Waals surface area contributed by atoms with E-state index < -0.39 is 0 Å². The molecule has 0 fully saturated rings. The summed E-state index contributed by atoms with van der Waals surface area (Å²) in [5.74, 6) is 0.339. The van der Waals surface area contributed by atoms with Gasteiger partial charge in [0.05, 0.1) is 0 Å². The third-order valence-electron chi connectivity index (χ3n) is 4.21. The quantitative estimate of drug-likeness (QED) is 0.603. The molecule has 0 unspecified atom stereocenters. The lowest BCUT2D eigenvalue weighted by atomic mass is 10.1. The maximum atomic E-state index is 12.2. The van der Waals surface area contributed by atoms with Crippen LogP contribution < -0.4 is 10.9 Å². The van der Waals surface area contributed by atoms with Gasteiger partial charge in [0.2, 0.25) is 5.91 Å². The average molecular weight is 362 g/mol. The molecule has 0 bridgehead atoms. The van der Waals surface area contributed by atoms with Crippen molar-refractivity contribution in [1.82, 2.24) is 20.5 Å². The molecule has 0 saturated heterocycles. The van der Waals surface area contributed by atoms with Crippen molar-refractivity contribution in [3.8, 4) is 11.4 Å². The fourth-order valence-electron chi connectivity index (χ4n) is 2.74. The van der Waals surface area contributed by atoms with Gasteiger partial charge in [-0.05, 0) is 18.4 Å². The molecule has 0 aliphatic heterocycles. The summed E-state index contributed by atoms with van der Waals surface area (Å²) in [5, 5.41) is 10.9. The topological polar surface area (TPSA) is 87.7 Å². The second-order valence-electron chi connectivity index (χ2n) is 6.25. The van der Waals surface area contributed by atoms with Gasteiger partial charge in [0.25, 0.3) is 5.56 Å². The van der Waals surface area contributed by atoms with Gasteiger partial charge in [-0.3, -0.25) is 9.59 Å². The van der Waals surface area contributed by atoms with Gasteiger partial charge in [-0.15, -0.1) is 10.2 Å². The Morgan fingerprint density at radius 1 is 0.926 bits per heavy atom. The van der Waals surface area contributed by atoms with Crippen LogP contribution in [0.25, 0.3) is 11.4 Å². The van der Waals surface area contributed by atoms with Crippen molar-refractivity contribution in [1.29, 1.82) is 0 Å². The largest absolute Gasteiger partial charge is 0.356 e. The number of hydrogen-bond acceptors (Lipinski definition) is 4. The number of H-pyrrole nitrogens is 1. The van der Waals surface area contributed by atoms with Crippen LogP contribution in [0.2, 0.25) is 0 Å². The molecule has 1 heterocycles. The van der Waals surface area contributed by atoms with E-state index in [-0.39, 0.29) is 30.0 Å². The van der Waals surface area contributed by atoms with Crippen molar-refractivity contribution >= 4 is 5.91 Å². The fourth-order valence-corrected chi connectivity index (χ4v) is 2.74. The summed E-state index contributed by atoms with van der Waals surface area (Å²) in [6.07, 6.45) is 2.28. The van der Waals surface area contributed by atoms with Crippen molar-refractivity contribution < 1.29 is 4.79 Å². The number of benzene rings is 2. The first-order valence-corrected chi connectivity index (χ1v) is 9.04. The van der Waals surface area contributed by atoms with Crippen molar-refractivity contribution in [2.45, 2.75) is 25.7 Å². The Bertz CT molecular complexity index is 924. The van der Waals surface area contributed by atoms with Crippen LogP contribution in [0.3, 0.4) is 0 Å². The molecule has 0 atom stereocenters. The molecular formula is C21H22N4O2. The minimum Gasteiger partial charge on any atom is -0.356 e. The number of amides is 1.